The van der Waals surface area contributed by atoms with Crippen molar-refractivity contribution in [1.82, 2.24) is 9.55 Å². The average molecular weight is 275 g/mol. The van der Waals surface area contributed by atoms with Gasteiger partial charge in [0.05, 0.1) is 11.0 Å². The van der Waals surface area contributed by atoms with Gasteiger partial charge in [-0.3, -0.25) is 0 Å². The van der Waals surface area contributed by atoms with Crippen molar-refractivity contribution in [2.24, 2.45) is 5.73 Å². The largest absolute Gasteiger partial charge is 0.329 e. The standard InChI is InChI=1S/C9H9BrClN3/c10-9-13-7-5-6(11)1-2-8(7)14(9)4-3-12/h1-2,5H,3-4,12H2. The second-order valence-electron chi connectivity index (χ2n) is 2.95. The van der Waals surface area contributed by atoms with E-state index >= 15 is 0 Å². The summed E-state index contributed by atoms with van der Waals surface area (Å²) in [6, 6.07) is 5.64. The number of imidazole rings is 1. The number of nitrogens with zero attached hydrogens (tertiary/aromatic N) is 2. The van der Waals surface area contributed by atoms with Crippen LogP contribution in [-0.2, 0) is 6.54 Å². The molecule has 2 aromatic rings. The monoisotopic (exact) mass is 273 g/mol. The number of hydrogen-bond acceptors (Lipinski definition) is 2. The first-order valence-corrected chi connectivity index (χ1v) is 5.41. The SMILES string of the molecule is NCCn1c(Br)nc2cc(Cl)ccc21. The molecule has 2 N–H and O–H groups in total. The first kappa shape index (κ1) is 9.96. The lowest BCUT2D eigenvalue weighted by Crippen LogP contribution is -2.09. The molecule has 74 valence electrons. The molecule has 0 spiro atoms. The predicted octanol–water partition coefficient (Wildman–Crippen LogP) is 2.41. The van der Waals surface area contributed by atoms with Crippen molar-refractivity contribution in [2.45, 2.75) is 6.54 Å². The van der Waals surface area contributed by atoms with E-state index in [-0.39, 0.29) is 0 Å². The molecule has 0 radical (unpaired) electrons. The summed E-state index contributed by atoms with van der Waals surface area (Å²) in [5, 5.41) is 0.697. The number of fused-ring (bicyclic) bond motifs is 1. The summed E-state index contributed by atoms with van der Waals surface area (Å²) >= 11 is 9.26. The Kier molecular flexibility index (Phi) is 2.76. The molecule has 0 fully saturated rings. The minimum atomic E-state index is 0.590. The van der Waals surface area contributed by atoms with Gasteiger partial charge in [-0.25, -0.2) is 4.98 Å². The van der Waals surface area contributed by atoms with Gasteiger partial charge in [0.1, 0.15) is 0 Å². The van der Waals surface area contributed by atoms with Gasteiger partial charge >= 0.3 is 0 Å². The summed E-state index contributed by atoms with van der Waals surface area (Å²) in [7, 11) is 0. The van der Waals surface area contributed by atoms with Crippen LogP contribution in [0.1, 0.15) is 0 Å². The lowest BCUT2D eigenvalue weighted by molar-refractivity contribution is 0.712. The minimum Gasteiger partial charge on any atom is -0.329 e. The molecular weight excluding hydrogens is 265 g/mol. The Balaban J connectivity index is 2.64. The molecule has 1 aromatic carbocycles. The zero-order chi connectivity index (χ0) is 10.1. The number of aromatic nitrogens is 2. The zero-order valence-corrected chi connectivity index (χ0v) is 9.72. The molecule has 0 aliphatic rings. The first-order chi connectivity index (χ1) is 6.72. The van der Waals surface area contributed by atoms with Gasteiger partial charge in [-0.1, -0.05) is 11.6 Å². The average Bonchev–Trinajstić information content (AvgIpc) is 2.43. The molecule has 0 unspecified atom stereocenters. The molecule has 0 saturated heterocycles. The molecule has 0 bridgehead atoms. The molecule has 0 atom stereocenters. The van der Waals surface area contributed by atoms with Crippen molar-refractivity contribution in [1.29, 1.82) is 0 Å². The summed E-state index contributed by atoms with van der Waals surface area (Å²) in [5.41, 5.74) is 7.45. The van der Waals surface area contributed by atoms with E-state index < -0.39 is 0 Å². The van der Waals surface area contributed by atoms with Gasteiger partial charge in [-0.2, -0.15) is 0 Å². The molecule has 3 nitrogen and oxygen atoms in total. The molecule has 1 heterocycles. The Hall–Kier alpha value is -0.580. The Bertz CT molecular complexity index is 466. The number of halogens is 2. The molecule has 2 rings (SSSR count). The molecule has 14 heavy (non-hydrogen) atoms. The highest BCUT2D eigenvalue weighted by Gasteiger charge is 2.07. The predicted molar refractivity (Wildman–Crippen MR) is 61.5 cm³/mol. The van der Waals surface area contributed by atoms with Crippen LogP contribution in [-0.4, -0.2) is 16.1 Å². The van der Waals surface area contributed by atoms with Gasteiger partial charge in [0.25, 0.3) is 0 Å². The topological polar surface area (TPSA) is 43.8 Å². The van der Waals surface area contributed by atoms with Gasteiger partial charge in [0, 0.05) is 18.1 Å². The first-order valence-electron chi connectivity index (χ1n) is 4.23. The Labute approximate surface area is 95.0 Å². The number of hydrogen-bond donors (Lipinski definition) is 1. The van der Waals surface area contributed by atoms with Gasteiger partial charge in [0.15, 0.2) is 4.73 Å². The van der Waals surface area contributed by atoms with Crippen molar-refractivity contribution in [2.75, 3.05) is 6.54 Å². The maximum Gasteiger partial charge on any atom is 0.178 e. The maximum atomic E-state index is 5.87. The van der Waals surface area contributed by atoms with Crippen molar-refractivity contribution < 1.29 is 0 Å². The molecule has 0 aliphatic heterocycles. The maximum absolute atomic E-state index is 5.87. The summed E-state index contributed by atoms with van der Waals surface area (Å²) in [6.07, 6.45) is 0. The lowest BCUT2D eigenvalue weighted by atomic mass is 10.3. The number of nitrogens with two attached hydrogens (primary N) is 1. The number of rotatable bonds is 2. The summed E-state index contributed by atoms with van der Waals surface area (Å²) in [4.78, 5) is 4.33. The quantitative estimate of drug-likeness (QED) is 0.914. The second-order valence-corrected chi connectivity index (χ2v) is 4.10. The second kappa shape index (κ2) is 3.88. The van der Waals surface area contributed by atoms with E-state index in [1.807, 2.05) is 22.8 Å². The summed E-state index contributed by atoms with van der Waals surface area (Å²) in [5.74, 6) is 0. The van der Waals surface area contributed by atoms with Crippen LogP contribution in [0.5, 0.6) is 0 Å². The highest BCUT2D eigenvalue weighted by atomic mass is 79.9. The van der Waals surface area contributed by atoms with Crippen molar-refractivity contribution >= 4 is 38.6 Å². The Morgan fingerprint density at radius 2 is 2.29 bits per heavy atom. The van der Waals surface area contributed by atoms with Crippen LogP contribution >= 0.6 is 27.5 Å². The fourth-order valence-electron chi connectivity index (χ4n) is 1.42. The fourth-order valence-corrected chi connectivity index (χ4v) is 2.14. The van der Waals surface area contributed by atoms with Crippen LogP contribution < -0.4 is 5.73 Å². The van der Waals surface area contributed by atoms with Crippen molar-refractivity contribution in [3.05, 3.63) is 28.0 Å². The summed E-state index contributed by atoms with van der Waals surface area (Å²) in [6.45, 7) is 1.34. The Morgan fingerprint density at radius 1 is 1.50 bits per heavy atom. The van der Waals surface area contributed by atoms with Crippen molar-refractivity contribution in [3.8, 4) is 0 Å². The van der Waals surface area contributed by atoms with Crippen LogP contribution in [0.2, 0.25) is 5.02 Å². The molecular formula is C9H9BrClN3. The highest BCUT2D eigenvalue weighted by molar-refractivity contribution is 9.10. The third-order valence-corrected chi connectivity index (χ3v) is 2.86. The van der Waals surface area contributed by atoms with Crippen molar-refractivity contribution in [3.63, 3.8) is 0 Å². The van der Waals surface area contributed by atoms with E-state index in [9.17, 15) is 0 Å². The zero-order valence-electron chi connectivity index (χ0n) is 7.37. The van der Waals surface area contributed by atoms with Crippen LogP contribution in [0.3, 0.4) is 0 Å². The van der Waals surface area contributed by atoms with Gasteiger partial charge in [0.2, 0.25) is 0 Å². The van der Waals surface area contributed by atoms with Crippen LogP contribution in [0.15, 0.2) is 22.9 Å². The lowest BCUT2D eigenvalue weighted by Gasteiger charge is -2.02. The normalized spacial score (nSPS) is 11.1. The summed E-state index contributed by atoms with van der Waals surface area (Å²) < 4.78 is 2.81. The smallest absolute Gasteiger partial charge is 0.178 e. The van der Waals surface area contributed by atoms with E-state index in [1.165, 1.54) is 0 Å². The van der Waals surface area contributed by atoms with Crippen LogP contribution in [0.4, 0.5) is 0 Å². The fraction of sp³-hybridized carbons (Fsp3) is 0.222. The molecule has 5 heteroatoms. The van der Waals surface area contributed by atoms with Gasteiger partial charge in [-0.05, 0) is 34.1 Å². The Morgan fingerprint density at radius 3 is 3.00 bits per heavy atom. The van der Waals surface area contributed by atoms with E-state index in [0.717, 1.165) is 22.3 Å². The van der Waals surface area contributed by atoms with E-state index in [2.05, 4.69) is 20.9 Å². The van der Waals surface area contributed by atoms with E-state index in [4.69, 9.17) is 17.3 Å². The van der Waals surface area contributed by atoms with Gasteiger partial charge in [-0.15, -0.1) is 0 Å². The number of benzene rings is 1. The molecule has 1 aromatic heterocycles. The van der Waals surface area contributed by atoms with Crippen LogP contribution in [0, 0.1) is 0 Å². The molecule has 0 amide bonds. The third kappa shape index (κ3) is 1.65. The van der Waals surface area contributed by atoms with Crippen LogP contribution in [0.25, 0.3) is 11.0 Å². The third-order valence-electron chi connectivity index (χ3n) is 2.02. The minimum absolute atomic E-state index is 0.590. The molecule has 0 saturated carbocycles. The van der Waals surface area contributed by atoms with E-state index in [0.29, 0.717) is 11.6 Å². The molecule has 0 aliphatic carbocycles. The highest BCUT2D eigenvalue weighted by Crippen LogP contribution is 2.22. The van der Waals surface area contributed by atoms with E-state index in [1.54, 1.807) is 0 Å². The van der Waals surface area contributed by atoms with Gasteiger partial charge < -0.3 is 10.3 Å².